The van der Waals surface area contributed by atoms with E-state index in [1.807, 2.05) is 12.1 Å². The Morgan fingerprint density at radius 1 is 1.14 bits per heavy atom. The van der Waals surface area contributed by atoms with Crippen LogP contribution >= 0.6 is 11.8 Å². The number of rotatable bonds is 9. The Morgan fingerprint density at radius 3 is 2.45 bits per heavy atom. The van der Waals surface area contributed by atoms with Gasteiger partial charge in [-0.2, -0.15) is 0 Å². The van der Waals surface area contributed by atoms with Gasteiger partial charge in [0.25, 0.3) is 5.69 Å². The molecule has 0 bridgehead atoms. The second-order valence-electron chi connectivity index (χ2n) is 5.59. The summed E-state index contributed by atoms with van der Waals surface area (Å²) in [6.45, 7) is 1.99. The fourth-order valence-electron chi connectivity index (χ4n) is 2.31. The maximum atomic E-state index is 11.9. The molecule has 0 aliphatic heterocycles. The molecule has 0 spiro atoms. The van der Waals surface area contributed by atoms with Crippen molar-refractivity contribution in [1.29, 1.82) is 0 Å². The average Bonchev–Trinajstić information content (AvgIpc) is 2.72. The first-order chi connectivity index (χ1) is 14.0. The van der Waals surface area contributed by atoms with Crippen LogP contribution in [0.5, 0.6) is 11.5 Å². The van der Waals surface area contributed by atoms with Gasteiger partial charge in [0.15, 0.2) is 0 Å². The number of hydrogen-bond donors (Lipinski definition) is 0. The molecule has 2 aromatic carbocycles. The second kappa shape index (κ2) is 10.9. The number of nitrogens with zero attached hydrogens (tertiary/aromatic N) is 1. The number of carbonyl (C=O) groups is 1. The van der Waals surface area contributed by atoms with Crippen molar-refractivity contribution in [2.24, 2.45) is 0 Å². The molecule has 0 atom stereocenters. The zero-order valence-corrected chi connectivity index (χ0v) is 17.1. The lowest BCUT2D eigenvalue weighted by atomic mass is 10.1. The van der Waals surface area contributed by atoms with Crippen LogP contribution in [0.1, 0.15) is 12.5 Å². The molecule has 0 fully saturated rings. The molecule has 0 saturated heterocycles. The Kier molecular flexibility index (Phi) is 8.29. The van der Waals surface area contributed by atoms with Crippen LogP contribution < -0.4 is 9.47 Å². The van der Waals surface area contributed by atoms with Crippen LogP contribution in [0, 0.1) is 10.1 Å². The maximum absolute atomic E-state index is 11.9. The van der Waals surface area contributed by atoms with Crippen LogP contribution in [0.2, 0.25) is 0 Å². The third-order valence-corrected chi connectivity index (χ3v) is 4.70. The number of thioether (sulfide) groups is 1. The minimum atomic E-state index is -0.469. The number of methoxy groups -OCH3 is 2. The Balaban J connectivity index is 2.30. The fraction of sp³-hybridized carbons (Fsp3) is 0.190. The lowest BCUT2D eigenvalue weighted by Crippen LogP contribution is -2.00. The lowest BCUT2D eigenvalue weighted by Gasteiger charge is -2.08. The van der Waals surface area contributed by atoms with Gasteiger partial charge in [0, 0.05) is 39.6 Å². The van der Waals surface area contributed by atoms with E-state index in [0.717, 1.165) is 10.5 Å². The van der Waals surface area contributed by atoms with Gasteiger partial charge < -0.3 is 14.2 Å². The first-order valence-corrected chi connectivity index (χ1v) is 9.49. The molecule has 0 radical (unpaired) electrons. The number of non-ortho nitro benzene ring substituents is 1. The Labute approximate surface area is 173 Å². The van der Waals surface area contributed by atoms with Crippen molar-refractivity contribution >= 4 is 29.5 Å². The largest absolute Gasteiger partial charge is 0.497 e. The van der Waals surface area contributed by atoms with E-state index >= 15 is 0 Å². The number of hydrogen-bond acceptors (Lipinski definition) is 7. The number of carbonyl (C=O) groups excluding carboxylic acids is 1. The number of ether oxygens (including phenoxy) is 3. The SMILES string of the molecule is CCOC(=O)/C=C(\C=C\c1ccc(OC)cc1OC)Sc1ccc([N+](=O)[O-])cc1. The molecule has 0 aliphatic carbocycles. The summed E-state index contributed by atoms with van der Waals surface area (Å²) in [5, 5.41) is 10.8. The van der Waals surface area contributed by atoms with E-state index in [1.54, 1.807) is 51.5 Å². The smallest absolute Gasteiger partial charge is 0.331 e. The molecule has 0 aliphatic rings. The second-order valence-corrected chi connectivity index (χ2v) is 6.74. The number of nitro benzene ring substituents is 1. The van der Waals surface area contributed by atoms with Gasteiger partial charge in [-0.25, -0.2) is 4.79 Å². The van der Waals surface area contributed by atoms with Crippen molar-refractivity contribution in [3.63, 3.8) is 0 Å². The Morgan fingerprint density at radius 2 is 1.86 bits per heavy atom. The van der Waals surface area contributed by atoms with E-state index in [0.29, 0.717) is 16.4 Å². The summed E-state index contributed by atoms with van der Waals surface area (Å²) in [7, 11) is 3.14. The van der Waals surface area contributed by atoms with Gasteiger partial charge in [0.2, 0.25) is 0 Å². The molecule has 0 N–H and O–H groups in total. The van der Waals surface area contributed by atoms with Crippen molar-refractivity contribution < 1.29 is 23.9 Å². The van der Waals surface area contributed by atoms with Crippen molar-refractivity contribution in [2.45, 2.75) is 11.8 Å². The van der Waals surface area contributed by atoms with E-state index in [4.69, 9.17) is 14.2 Å². The van der Waals surface area contributed by atoms with Gasteiger partial charge in [-0.1, -0.05) is 17.8 Å². The van der Waals surface area contributed by atoms with Crippen LogP contribution in [0.4, 0.5) is 5.69 Å². The summed E-state index contributed by atoms with van der Waals surface area (Å²) in [5.74, 6) is 0.821. The van der Waals surface area contributed by atoms with E-state index in [2.05, 4.69) is 0 Å². The quantitative estimate of drug-likeness (QED) is 0.144. The van der Waals surface area contributed by atoms with Crippen LogP contribution in [-0.4, -0.2) is 31.7 Å². The molecule has 8 heteroatoms. The van der Waals surface area contributed by atoms with Gasteiger partial charge in [0.1, 0.15) is 11.5 Å². The van der Waals surface area contributed by atoms with E-state index in [-0.39, 0.29) is 12.3 Å². The molecule has 152 valence electrons. The number of benzene rings is 2. The predicted octanol–water partition coefficient (Wildman–Crippen LogP) is 4.86. The van der Waals surface area contributed by atoms with Crippen LogP contribution in [0.15, 0.2) is 64.4 Å². The highest BCUT2D eigenvalue weighted by atomic mass is 32.2. The molecule has 7 nitrogen and oxygen atoms in total. The highest BCUT2D eigenvalue weighted by molar-refractivity contribution is 8.03. The van der Waals surface area contributed by atoms with Crippen molar-refractivity contribution in [3.8, 4) is 11.5 Å². The van der Waals surface area contributed by atoms with Gasteiger partial charge in [-0.15, -0.1) is 0 Å². The minimum Gasteiger partial charge on any atom is -0.497 e. The first kappa shape index (κ1) is 22.0. The van der Waals surface area contributed by atoms with Crippen LogP contribution in [0.3, 0.4) is 0 Å². The molecular formula is C21H21NO6S. The average molecular weight is 415 g/mol. The molecule has 2 aromatic rings. The molecule has 2 rings (SSSR count). The van der Waals surface area contributed by atoms with E-state index in [9.17, 15) is 14.9 Å². The van der Waals surface area contributed by atoms with Crippen LogP contribution in [0.25, 0.3) is 6.08 Å². The first-order valence-electron chi connectivity index (χ1n) is 8.67. The van der Waals surface area contributed by atoms with Gasteiger partial charge in [-0.05, 0) is 37.3 Å². The third-order valence-electron chi connectivity index (χ3n) is 3.70. The zero-order valence-electron chi connectivity index (χ0n) is 16.3. The molecule has 0 aromatic heterocycles. The lowest BCUT2D eigenvalue weighted by molar-refractivity contribution is -0.384. The topological polar surface area (TPSA) is 87.9 Å². The Bertz CT molecular complexity index is 921. The van der Waals surface area contributed by atoms with E-state index < -0.39 is 10.9 Å². The highest BCUT2D eigenvalue weighted by Gasteiger charge is 2.08. The van der Waals surface area contributed by atoms with Gasteiger partial charge >= 0.3 is 5.97 Å². The third kappa shape index (κ3) is 6.69. The normalized spacial score (nSPS) is 11.3. The fourth-order valence-corrected chi connectivity index (χ4v) is 3.15. The van der Waals surface area contributed by atoms with Crippen molar-refractivity contribution in [2.75, 3.05) is 20.8 Å². The number of allylic oxidation sites excluding steroid dienone is 1. The Hall–Kier alpha value is -3.26. The molecule has 0 saturated carbocycles. The van der Waals surface area contributed by atoms with E-state index in [1.165, 1.54) is 30.0 Å². The summed E-state index contributed by atoms with van der Waals surface area (Å²) in [6, 6.07) is 11.5. The summed E-state index contributed by atoms with van der Waals surface area (Å²) < 4.78 is 15.6. The number of esters is 1. The molecule has 29 heavy (non-hydrogen) atoms. The summed E-state index contributed by atoms with van der Waals surface area (Å²) in [6.07, 6.45) is 4.94. The van der Waals surface area contributed by atoms with Crippen LogP contribution in [-0.2, 0) is 9.53 Å². The summed E-state index contributed by atoms with van der Waals surface area (Å²) >= 11 is 1.29. The number of nitro groups is 1. The van der Waals surface area contributed by atoms with Crippen molar-refractivity contribution in [3.05, 3.63) is 75.2 Å². The molecule has 0 amide bonds. The maximum Gasteiger partial charge on any atom is 0.331 e. The van der Waals surface area contributed by atoms with Gasteiger partial charge in [0.05, 0.1) is 25.7 Å². The molecular weight excluding hydrogens is 394 g/mol. The monoisotopic (exact) mass is 415 g/mol. The molecule has 0 unspecified atom stereocenters. The summed E-state index contributed by atoms with van der Waals surface area (Å²) in [4.78, 5) is 23.6. The zero-order chi connectivity index (χ0) is 21.2. The standard InChI is InChI=1S/C21H21NO6S/c1-4-28-21(23)14-19(29-18-11-7-16(8-12-18)22(24)25)10-6-15-5-9-17(26-2)13-20(15)27-3/h5-14H,4H2,1-3H3/b10-6+,19-14+. The van der Waals surface area contributed by atoms with Crippen molar-refractivity contribution in [1.82, 2.24) is 0 Å². The predicted molar refractivity (Wildman–Crippen MR) is 112 cm³/mol. The molecule has 0 heterocycles. The summed E-state index contributed by atoms with van der Waals surface area (Å²) in [5.41, 5.74) is 0.802. The van der Waals surface area contributed by atoms with Gasteiger partial charge in [-0.3, -0.25) is 10.1 Å². The minimum absolute atomic E-state index is 0.00350. The highest BCUT2D eigenvalue weighted by Crippen LogP contribution is 2.31.